The second kappa shape index (κ2) is 47.5. The van der Waals surface area contributed by atoms with Crippen LogP contribution in [0, 0.1) is 5.41 Å². The highest BCUT2D eigenvalue weighted by Gasteiger charge is 2.52. The van der Waals surface area contributed by atoms with Crippen LogP contribution >= 0.6 is 0 Å². The summed E-state index contributed by atoms with van der Waals surface area (Å²) in [7, 11) is -3.35. The molecule has 26 heteroatoms. The Labute approximate surface area is 632 Å². The van der Waals surface area contributed by atoms with Gasteiger partial charge >= 0.3 is 0 Å². The molecule has 6 N–H and O–H groups in total. The zero-order valence-corrected chi connectivity index (χ0v) is 64.0. The summed E-state index contributed by atoms with van der Waals surface area (Å²) in [5.41, 5.74) is -0.319. The molecule has 0 radical (unpaired) electrons. The van der Waals surface area contributed by atoms with Crippen molar-refractivity contribution in [3.05, 3.63) is 132 Å². The molecule has 5 aromatic carbocycles. The number of carbonyl (C=O) groups is 6. The minimum absolute atomic E-state index is 0.111. The number of amides is 6. The van der Waals surface area contributed by atoms with Crippen LogP contribution in [-0.2, 0) is 47.2 Å². The van der Waals surface area contributed by atoms with Crippen molar-refractivity contribution in [2.45, 2.75) is 122 Å². The average Bonchev–Trinajstić information content (AvgIpc) is 0.743. The summed E-state index contributed by atoms with van der Waals surface area (Å²) in [4.78, 5) is 85.0. The molecule has 0 fully saturated rings. The van der Waals surface area contributed by atoms with Gasteiger partial charge in [0, 0.05) is 105 Å². The van der Waals surface area contributed by atoms with Gasteiger partial charge in [-0.3, -0.25) is 28.8 Å². The fourth-order valence-electron chi connectivity index (χ4n) is 12.8. The monoisotopic (exact) mass is 1500 g/mol. The lowest BCUT2D eigenvalue weighted by molar-refractivity contribution is -0.132. The predicted octanol–water partition coefficient (Wildman–Crippen LogP) is 8.45. The fourth-order valence-corrected chi connectivity index (χ4v) is 17.4. The van der Waals surface area contributed by atoms with Gasteiger partial charge in [-0.1, -0.05) is 81.4 Å². The minimum Gasteiger partial charge on any atom is -0.493 e. The van der Waals surface area contributed by atoms with E-state index in [0.717, 1.165) is 87.4 Å². The van der Waals surface area contributed by atoms with E-state index in [0.29, 0.717) is 90.8 Å². The van der Waals surface area contributed by atoms with Crippen LogP contribution in [0.4, 0.5) is 0 Å². The van der Waals surface area contributed by atoms with E-state index in [1.165, 1.54) is 0 Å². The van der Waals surface area contributed by atoms with Gasteiger partial charge in [-0.15, -0.1) is 0 Å². The first-order valence-corrected chi connectivity index (χ1v) is 40.2. The van der Waals surface area contributed by atoms with Gasteiger partial charge in [0.1, 0.15) is 34.5 Å². The predicted molar refractivity (Wildman–Crippen MR) is 408 cm³/mol. The highest BCUT2D eigenvalue weighted by molar-refractivity contribution is 6.99. The highest BCUT2D eigenvalue weighted by Crippen LogP contribution is 2.41. The molecule has 0 saturated heterocycles. The molecular formula is C81H114N6O19Si. The van der Waals surface area contributed by atoms with E-state index in [-0.39, 0.29) is 162 Å². The number of benzene rings is 5. The molecule has 4 heterocycles. The summed E-state index contributed by atoms with van der Waals surface area (Å²) in [5, 5.41) is 19.2. The highest BCUT2D eigenvalue weighted by atomic mass is 28.4. The molecule has 107 heavy (non-hydrogen) atoms. The summed E-state index contributed by atoms with van der Waals surface area (Å²) in [6.45, 7) is 11.9. The third kappa shape index (κ3) is 30.7. The van der Waals surface area contributed by atoms with Crippen LogP contribution in [0.1, 0.15) is 148 Å². The number of hydrogen-bond donors (Lipinski definition) is 6. The van der Waals surface area contributed by atoms with Crippen LogP contribution in [0.3, 0.4) is 0 Å². The van der Waals surface area contributed by atoms with E-state index in [4.69, 9.17) is 61.3 Å². The van der Waals surface area contributed by atoms with E-state index in [1.807, 2.05) is 36.4 Å². The second-order valence-corrected chi connectivity index (χ2v) is 32.2. The van der Waals surface area contributed by atoms with Crippen LogP contribution in [0.2, 0.25) is 5.04 Å². The number of hydrogen-bond acceptors (Lipinski definition) is 19. The maximum absolute atomic E-state index is 14.5. The van der Waals surface area contributed by atoms with Gasteiger partial charge < -0.3 is 93.2 Å². The first-order chi connectivity index (χ1) is 52.2. The summed E-state index contributed by atoms with van der Waals surface area (Å²) < 4.78 is 80.4. The number of rotatable bonds is 5. The van der Waals surface area contributed by atoms with Crippen molar-refractivity contribution in [2.24, 2.45) is 5.41 Å². The number of fused-ring (bicyclic) bond motifs is 57. The van der Waals surface area contributed by atoms with Crippen LogP contribution in [-0.4, -0.2) is 209 Å². The molecule has 0 spiro atoms. The SMILES string of the molecule is CC(C)(C)[Si](OCC12CC(=O)NCCOCCOCCNC(=O)c3cc4cc(c3)OCCCCCCOc3cc(cc(c3)C(=O)NCCOCCOCCNC(=O)C1)OCCCCCCOc1cc(cc(c1)C(=O)NCCOCCOCCNC(=O)C2)OCCCCCCO4)(c1ccccc1)c1ccccc1. The topological polar surface area (TPSA) is 295 Å². The molecular weight excluding hydrogens is 1390 g/mol. The zero-order chi connectivity index (χ0) is 75.5. The number of nitrogens with one attached hydrogen (secondary N) is 6. The lowest BCUT2D eigenvalue weighted by Gasteiger charge is -2.45. The Balaban J connectivity index is 1.07. The van der Waals surface area contributed by atoms with Gasteiger partial charge in [0.05, 0.1) is 119 Å². The fraction of sp³-hybridized carbons (Fsp3) is 0.556. The molecule has 0 aromatic heterocycles. The van der Waals surface area contributed by atoms with Crippen LogP contribution in [0.25, 0.3) is 0 Å². The third-order valence-corrected chi connectivity index (χ3v) is 23.2. The maximum Gasteiger partial charge on any atom is 0.261 e. The molecule has 0 saturated carbocycles. The van der Waals surface area contributed by atoms with Gasteiger partial charge in [-0.25, -0.2) is 0 Å². The molecule has 9 rings (SSSR count). The second-order valence-electron chi connectivity index (χ2n) is 27.9. The van der Waals surface area contributed by atoms with E-state index < -0.39 is 36.5 Å². The van der Waals surface area contributed by atoms with Crippen molar-refractivity contribution in [2.75, 3.05) is 165 Å². The standard InChI is InChI=1S/C81H114N6O19Si/c1-80(2,3)107(72-22-12-10-13-23-72,73-24-14-11-15-25-73)106-62-81-59-74(88)82-26-38-94-44-47-97-41-29-85-77(91)63-50-66-56-68(52-63)102-34-18-6-7-20-36-104-70-54-65(79(93)87-31-43-99-49-46-96-40-28-84-76(90)61-81)55-71(58-70)105-37-21-9-8-19-35-103-69-53-64(51-67(57-69)101-33-17-5-4-16-32-100-66)78(92)86-30-42-98-48-45-95-39-27-83-75(89)60-81/h10-15,22-25,50-58H,4-9,16-21,26-49,59-62H2,1-3H3,(H,82,88)(H,83,89)(H,84,90)(H,85,91)(H,86,92)(H,87,93). The van der Waals surface area contributed by atoms with Crippen molar-refractivity contribution in [1.82, 2.24) is 31.9 Å². The lowest BCUT2D eigenvalue weighted by atomic mass is 9.77. The van der Waals surface area contributed by atoms with Gasteiger partial charge in [-0.2, -0.15) is 0 Å². The Bertz CT molecular complexity index is 3080. The van der Waals surface area contributed by atoms with Crippen LogP contribution in [0.15, 0.2) is 115 Å². The Morgan fingerprint density at radius 3 is 0.804 bits per heavy atom. The molecule has 0 unspecified atom stereocenters. The molecule has 5 aromatic rings. The third-order valence-electron chi connectivity index (χ3n) is 18.2. The number of ether oxygens (including phenoxy) is 12. The normalized spacial score (nSPS) is 19.4. The summed E-state index contributed by atoms with van der Waals surface area (Å²) >= 11 is 0. The molecule has 0 atom stereocenters. The molecule has 586 valence electrons. The van der Waals surface area contributed by atoms with Gasteiger partial charge in [-0.05, 0) is 129 Å². The zero-order valence-electron chi connectivity index (χ0n) is 63.0. The average molecular weight is 1500 g/mol. The van der Waals surface area contributed by atoms with Crippen molar-refractivity contribution < 1.29 is 90.0 Å². The van der Waals surface area contributed by atoms with E-state index in [1.54, 1.807) is 54.6 Å². The van der Waals surface area contributed by atoms with Crippen molar-refractivity contribution in [3.8, 4) is 34.5 Å². The smallest absolute Gasteiger partial charge is 0.261 e. The summed E-state index contributed by atoms with van der Waals surface area (Å²) in [5.74, 6) is 0.731. The molecule has 25 nitrogen and oxygen atoms in total. The quantitative estimate of drug-likeness (QED) is 0.0710. The van der Waals surface area contributed by atoms with Crippen molar-refractivity contribution >= 4 is 54.1 Å². The first-order valence-electron chi connectivity index (χ1n) is 38.3. The molecule has 0 aliphatic carbocycles. The maximum atomic E-state index is 14.5. The Morgan fingerprint density at radius 1 is 0.318 bits per heavy atom. The molecule has 6 amide bonds. The Kier molecular flexibility index (Phi) is 37.4. The number of carbonyl (C=O) groups excluding carboxylic acids is 6. The Morgan fingerprint density at radius 2 is 0.561 bits per heavy atom. The van der Waals surface area contributed by atoms with E-state index in [9.17, 15) is 28.8 Å². The van der Waals surface area contributed by atoms with Gasteiger partial charge in [0.25, 0.3) is 26.0 Å². The molecule has 4 aliphatic rings. The Hall–Kier alpha value is -8.34. The van der Waals surface area contributed by atoms with Crippen molar-refractivity contribution in [1.29, 1.82) is 0 Å². The summed E-state index contributed by atoms with van der Waals surface area (Å²) in [6.07, 6.45) is 8.83. The minimum atomic E-state index is -3.35. The molecule has 10 bridgehead atoms. The summed E-state index contributed by atoms with van der Waals surface area (Å²) in [6, 6.07) is 35.6. The van der Waals surface area contributed by atoms with Crippen LogP contribution in [0.5, 0.6) is 34.5 Å². The largest absolute Gasteiger partial charge is 0.493 e. The van der Waals surface area contributed by atoms with E-state index >= 15 is 0 Å². The van der Waals surface area contributed by atoms with E-state index in [2.05, 4.69) is 76.9 Å². The molecule has 4 aliphatic heterocycles. The van der Waals surface area contributed by atoms with Gasteiger partial charge in [0.2, 0.25) is 17.7 Å². The lowest BCUT2D eigenvalue weighted by Crippen LogP contribution is -2.67. The van der Waals surface area contributed by atoms with Gasteiger partial charge in [0.15, 0.2) is 0 Å². The van der Waals surface area contributed by atoms with Crippen molar-refractivity contribution in [3.63, 3.8) is 0 Å². The van der Waals surface area contributed by atoms with Crippen LogP contribution < -0.4 is 70.7 Å². The first kappa shape index (κ1) is 84.3.